The van der Waals surface area contributed by atoms with Gasteiger partial charge in [-0.2, -0.15) is 0 Å². The van der Waals surface area contributed by atoms with Gasteiger partial charge >= 0.3 is 0 Å². The second kappa shape index (κ2) is 6.07. The highest BCUT2D eigenvalue weighted by atomic mass is 14.4. The maximum atomic E-state index is 2.45. The Balaban J connectivity index is 1.66. The van der Waals surface area contributed by atoms with E-state index in [-0.39, 0.29) is 0 Å². The molecule has 0 radical (unpaired) electrons. The summed E-state index contributed by atoms with van der Waals surface area (Å²) < 4.78 is 0. The lowest BCUT2D eigenvalue weighted by Gasteiger charge is -2.42. The van der Waals surface area contributed by atoms with Crippen molar-refractivity contribution in [2.75, 3.05) is 0 Å². The number of rotatable bonds is 2. The predicted octanol–water partition coefficient (Wildman–Crippen LogP) is 6.70. The minimum atomic E-state index is 0.406. The Morgan fingerprint density at radius 2 is 1.25 bits per heavy atom. The first-order chi connectivity index (χ1) is 13.9. The largest absolute Gasteiger partial charge is 0.0622 e. The van der Waals surface area contributed by atoms with Gasteiger partial charge in [-0.15, -0.1) is 0 Å². The average Bonchev–Trinajstić information content (AvgIpc) is 2.78. The van der Waals surface area contributed by atoms with Gasteiger partial charge < -0.3 is 0 Å². The molecule has 132 valence electrons. The Kier molecular flexibility index (Phi) is 3.39. The Morgan fingerprint density at radius 3 is 2.00 bits per heavy atom. The zero-order valence-electron chi connectivity index (χ0n) is 15.5. The topological polar surface area (TPSA) is 0 Å². The molecule has 0 aliphatic heterocycles. The van der Waals surface area contributed by atoms with Gasteiger partial charge in [0.2, 0.25) is 0 Å². The van der Waals surface area contributed by atoms with Crippen molar-refractivity contribution in [2.24, 2.45) is 11.8 Å². The van der Waals surface area contributed by atoms with E-state index in [1.165, 1.54) is 44.6 Å². The predicted molar refractivity (Wildman–Crippen MR) is 117 cm³/mol. The van der Waals surface area contributed by atoms with Crippen molar-refractivity contribution in [3.8, 4) is 0 Å². The molecule has 28 heavy (non-hydrogen) atoms. The molecule has 0 heteroatoms. The van der Waals surface area contributed by atoms with Crippen LogP contribution in [0.3, 0.4) is 0 Å². The van der Waals surface area contributed by atoms with Crippen LogP contribution in [-0.2, 0) is 0 Å². The van der Waals surface area contributed by atoms with Gasteiger partial charge in [0.15, 0.2) is 0 Å². The summed E-state index contributed by atoms with van der Waals surface area (Å²) >= 11 is 0. The number of hydrogen-bond acceptors (Lipinski definition) is 0. The summed E-state index contributed by atoms with van der Waals surface area (Å²) in [7, 11) is 0. The summed E-state index contributed by atoms with van der Waals surface area (Å²) in [5, 5.41) is 0. The lowest BCUT2D eigenvalue weighted by atomic mass is 9.60. The molecule has 0 aromatic heterocycles. The molecule has 4 aliphatic rings. The molecular formula is C28H20. The van der Waals surface area contributed by atoms with Gasteiger partial charge in [-0.25, -0.2) is 0 Å². The molecule has 2 atom stereocenters. The highest BCUT2D eigenvalue weighted by Gasteiger charge is 2.41. The number of benzene rings is 2. The third-order valence-corrected chi connectivity index (χ3v) is 6.29. The van der Waals surface area contributed by atoms with Crippen LogP contribution in [0.5, 0.6) is 0 Å². The molecule has 0 nitrogen and oxygen atoms in total. The van der Waals surface area contributed by atoms with Crippen molar-refractivity contribution >= 4 is 11.1 Å². The van der Waals surface area contributed by atoms with Crippen LogP contribution in [0.2, 0.25) is 0 Å². The fourth-order valence-corrected chi connectivity index (χ4v) is 5.04. The van der Waals surface area contributed by atoms with Crippen LogP contribution in [-0.4, -0.2) is 0 Å². The van der Waals surface area contributed by atoms with Crippen molar-refractivity contribution < 1.29 is 0 Å². The molecule has 0 amide bonds. The van der Waals surface area contributed by atoms with E-state index in [2.05, 4.69) is 109 Å². The second-order valence-electron chi connectivity index (χ2n) is 7.76. The van der Waals surface area contributed by atoms with Crippen molar-refractivity contribution in [3.63, 3.8) is 0 Å². The van der Waals surface area contributed by atoms with Crippen LogP contribution in [0.15, 0.2) is 132 Å². The van der Waals surface area contributed by atoms with Crippen LogP contribution in [0.25, 0.3) is 11.1 Å². The van der Waals surface area contributed by atoms with Crippen LogP contribution in [0.4, 0.5) is 0 Å². The zero-order valence-corrected chi connectivity index (χ0v) is 15.5. The summed E-state index contributed by atoms with van der Waals surface area (Å²) in [6.45, 7) is 0. The molecule has 0 bridgehead atoms. The average molecular weight is 356 g/mol. The summed E-state index contributed by atoms with van der Waals surface area (Å²) in [6, 6.07) is 21.6. The standard InChI is InChI=1S/C28H20/c1-3-8-19(9-4-1)23-17-16-22-15-14-21-12-7-13-24-25(20-10-5-2-6-11-20)18-26(23)28(22)27(21)24/h1-18,27-28H. The summed E-state index contributed by atoms with van der Waals surface area (Å²) in [5.74, 6) is 0.813. The molecule has 0 heterocycles. The van der Waals surface area contributed by atoms with Crippen molar-refractivity contribution in [1.82, 2.24) is 0 Å². The van der Waals surface area contributed by atoms with Gasteiger partial charge in [-0.05, 0) is 50.6 Å². The van der Waals surface area contributed by atoms with Crippen molar-refractivity contribution in [1.29, 1.82) is 0 Å². The van der Waals surface area contributed by atoms with Gasteiger partial charge in [0, 0.05) is 11.8 Å². The maximum Gasteiger partial charge on any atom is 0.0205 e. The molecule has 0 saturated heterocycles. The van der Waals surface area contributed by atoms with Crippen LogP contribution in [0, 0.1) is 11.8 Å². The van der Waals surface area contributed by atoms with Crippen LogP contribution < -0.4 is 0 Å². The Hall–Kier alpha value is -3.38. The Morgan fingerprint density at radius 1 is 0.571 bits per heavy atom. The summed E-state index contributed by atoms with van der Waals surface area (Å²) in [5.41, 5.74) is 11.0. The molecule has 2 aromatic rings. The third-order valence-electron chi connectivity index (χ3n) is 6.29. The second-order valence-corrected chi connectivity index (χ2v) is 7.76. The number of hydrogen-bond donors (Lipinski definition) is 0. The molecule has 0 N–H and O–H groups in total. The van der Waals surface area contributed by atoms with Gasteiger partial charge in [0.05, 0.1) is 0 Å². The lowest BCUT2D eigenvalue weighted by Crippen LogP contribution is -2.30. The quantitative estimate of drug-likeness (QED) is 0.561. The zero-order chi connectivity index (χ0) is 18.5. The SMILES string of the molecule is C1=CC2=CC=C3C=CC(c4ccccc4)=C4C=C(c5ccccc5)C(=C1)C2C34. The van der Waals surface area contributed by atoms with E-state index in [4.69, 9.17) is 0 Å². The van der Waals surface area contributed by atoms with Crippen LogP contribution >= 0.6 is 0 Å². The van der Waals surface area contributed by atoms with Gasteiger partial charge in [-0.3, -0.25) is 0 Å². The molecule has 0 spiro atoms. The minimum Gasteiger partial charge on any atom is -0.0622 e. The molecule has 0 saturated carbocycles. The lowest BCUT2D eigenvalue weighted by molar-refractivity contribution is 0.570. The summed E-state index contributed by atoms with van der Waals surface area (Å²) in [6.07, 6.45) is 18.5. The molecular weight excluding hydrogens is 336 g/mol. The fraction of sp³-hybridized carbons (Fsp3) is 0.0714. The van der Waals surface area contributed by atoms with E-state index < -0.39 is 0 Å². The molecule has 0 fully saturated rings. The van der Waals surface area contributed by atoms with Gasteiger partial charge in [0.1, 0.15) is 0 Å². The van der Waals surface area contributed by atoms with E-state index in [0.717, 1.165) is 0 Å². The van der Waals surface area contributed by atoms with Gasteiger partial charge in [0.25, 0.3) is 0 Å². The molecule has 2 aromatic carbocycles. The van der Waals surface area contributed by atoms with E-state index in [9.17, 15) is 0 Å². The molecule has 4 aliphatic carbocycles. The highest BCUT2D eigenvalue weighted by molar-refractivity contribution is 5.92. The Bertz CT molecular complexity index is 1180. The first kappa shape index (κ1) is 15.7. The van der Waals surface area contributed by atoms with E-state index in [1.54, 1.807) is 0 Å². The first-order valence-electron chi connectivity index (χ1n) is 9.95. The Labute approximate surface area is 165 Å². The van der Waals surface area contributed by atoms with Crippen molar-refractivity contribution in [2.45, 2.75) is 0 Å². The van der Waals surface area contributed by atoms with E-state index >= 15 is 0 Å². The van der Waals surface area contributed by atoms with Crippen molar-refractivity contribution in [3.05, 3.63) is 143 Å². The van der Waals surface area contributed by atoms with Gasteiger partial charge in [-0.1, -0.05) is 103 Å². The normalized spacial score (nSPS) is 24.1. The molecule has 2 unspecified atom stereocenters. The minimum absolute atomic E-state index is 0.406. The smallest absolute Gasteiger partial charge is 0.0205 e. The van der Waals surface area contributed by atoms with E-state index in [0.29, 0.717) is 11.8 Å². The van der Waals surface area contributed by atoms with Crippen LogP contribution in [0.1, 0.15) is 11.1 Å². The number of allylic oxidation sites excluding steroid dienone is 14. The summed E-state index contributed by atoms with van der Waals surface area (Å²) in [4.78, 5) is 0. The van der Waals surface area contributed by atoms with E-state index in [1.807, 2.05) is 0 Å². The highest BCUT2D eigenvalue weighted by Crippen LogP contribution is 2.54. The third kappa shape index (κ3) is 2.25. The first-order valence-corrected chi connectivity index (χ1v) is 9.95. The monoisotopic (exact) mass is 356 g/mol. The maximum absolute atomic E-state index is 2.45. The molecule has 6 rings (SSSR count). The fourth-order valence-electron chi connectivity index (χ4n) is 5.04.